The summed E-state index contributed by atoms with van der Waals surface area (Å²) in [4.78, 5) is 18.2. The Morgan fingerprint density at radius 3 is 2.59 bits per heavy atom. The van der Waals surface area contributed by atoms with E-state index in [1.807, 2.05) is 43.3 Å². The number of hydrogen-bond acceptors (Lipinski definition) is 4. The number of nitrogens with zero attached hydrogens (tertiary/aromatic N) is 2. The average Bonchev–Trinajstić information content (AvgIpc) is 2.55. The third-order valence-corrected chi connectivity index (χ3v) is 3.34. The van der Waals surface area contributed by atoms with Gasteiger partial charge in [0.05, 0.1) is 19.0 Å². The van der Waals surface area contributed by atoms with E-state index in [-0.39, 0.29) is 11.9 Å². The van der Waals surface area contributed by atoms with Crippen molar-refractivity contribution in [3.05, 3.63) is 54.2 Å². The fourth-order valence-electron chi connectivity index (χ4n) is 2.16. The summed E-state index contributed by atoms with van der Waals surface area (Å²) in [6.45, 7) is 2.43. The minimum absolute atomic E-state index is 0.0275. The maximum Gasteiger partial charge on any atom is 0.244 e. The van der Waals surface area contributed by atoms with E-state index in [2.05, 4.69) is 10.3 Å². The molecule has 1 N–H and O–H groups in total. The van der Waals surface area contributed by atoms with Gasteiger partial charge in [0.2, 0.25) is 11.8 Å². The maximum absolute atomic E-state index is 12.4. The van der Waals surface area contributed by atoms with Crippen LogP contribution >= 0.6 is 0 Å². The number of ether oxygens (including phenoxy) is 1. The first kappa shape index (κ1) is 15.8. The highest BCUT2D eigenvalue weighted by molar-refractivity contribution is 5.84. The van der Waals surface area contributed by atoms with Crippen LogP contribution in [0.4, 0.5) is 5.69 Å². The first-order valence-electron chi connectivity index (χ1n) is 7.15. The van der Waals surface area contributed by atoms with Gasteiger partial charge in [0.25, 0.3) is 0 Å². The van der Waals surface area contributed by atoms with E-state index >= 15 is 0 Å². The van der Waals surface area contributed by atoms with Gasteiger partial charge >= 0.3 is 0 Å². The molecule has 5 heteroatoms. The van der Waals surface area contributed by atoms with Crippen molar-refractivity contribution in [1.82, 2.24) is 9.88 Å². The molecule has 0 saturated heterocycles. The van der Waals surface area contributed by atoms with Gasteiger partial charge < -0.3 is 15.0 Å². The van der Waals surface area contributed by atoms with Crippen LogP contribution in [0.1, 0.15) is 12.5 Å². The van der Waals surface area contributed by atoms with Crippen LogP contribution in [0.15, 0.2) is 48.7 Å². The van der Waals surface area contributed by atoms with Gasteiger partial charge in [-0.15, -0.1) is 0 Å². The Morgan fingerprint density at radius 1 is 1.27 bits per heavy atom. The highest BCUT2D eigenvalue weighted by Gasteiger charge is 2.17. The van der Waals surface area contributed by atoms with Crippen molar-refractivity contribution < 1.29 is 9.53 Å². The number of pyridine rings is 1. The van der Waals surface area contributed by atoms with Gasteiger partial charge in [-0.3, -0.25) is 4.79 Å². The van der Waals surface area contributed by atoms with Gasteiger partial charge in [0.15, 0.2) is 0 Å². The molecule has 116 valence electrons. The van der Waals surface area contributed by atoms with Crippen molar-refractivity contribution in [2.24, 2.45) is 0 Å². The second-order valence-electron chi connectivity index (χ2n) is 5.14. The van der Waals surface area contributed by atoms with Crippen molar-refractivity contribution in [3.8, 4) is 5.88 Å². The van der Waals surface area contributed by atoms with E-state index in [0.29, 0.717) is 12.4 Å². The highest BCUT2D eigenvalue weighted by Crippen LogP contribution is 2.13. The zero-order valence-electron chi connectivity index (χ0n) is 13.1. The van der Waals surface area contributed by atoms with Gasteiger partial charge in [-0.1, -0.05) is 30.3 Å². The first-order valence-corrected chi connectivity index (χ1v) is 7.15. The molecule has 0 bridgehead atoms. The molecule has 1 amide bonds. The molecule has 0 fully saturated rings. The number of aromatic nitrogens is 1. The molecule has 1 atom stereocenters. The lowest BCUT2D eigenvalue weighted by molar-refractivity contribution is -0.130. The number of methoxy groups -OCH3 is 1. The third-order valence-electron chi connectivity index (χ3n) is 3.34. The molecule has 22 heavy (non-hydrogen) atoms. The van der Waals surface area contributed by atoms with Gasteiger partial charge in [-0.25, -0.2) is 4.98 Å². The molecule has 0 radical (unpaired) electrons. The largest absolute Gasteiger partial charge is 0.481 e. The number of nitrogens with one attached hydrogen (secondary N) is 1. The Hall–Kier alpha value is -2.56. The molecule has 0 aliphatic rings. The van der Waals surface area contributed by atoms with E-state index in [9.17, 15) is 4.79 Å². The quantitative estimate of drug-likeness (QED) is 0.890. The van der Waals surface area contributed by atoms with Crippen LogP contribution in [0, 0.1) is 0 Å². The minimum atomic E-state index is -0.330. The van der Waals surface area contributed by atoms with Crippen LogP contribution in [-0.4, -0.2) is 36.0 Å². The third kappa shape index (κ3) is 4.22. The van der Waals surface area contributed by atoms with Crippen LogP contribution in [0.5, 0.6) is 5.88 Å². The summed E-state index contributed by atoms with van der Waals surface area (Å²) in [5.74, 6) is 0.574. The molecule has 1 unspecified atom stereocenters. The van der Waals surface area contributed by atoms with E-state index in [0.717, 1.165) is 11.3 Å². The molecular formula is C17H21N3O2. The summed E-state index contributed by atoms with van der Waals surface area (Å²) in [5, 5.41) is 3.15. The molecular weight excluding hydrogens is 278 g/mol. The summed E-state index contributed by atoms with van der Waals surface area (Å²) in [7, 11) is 3.37. The summed E-state index contributed by atoms with van der Waals surface area (Å²) >= 11 is 0. The molecule has 1 heterocycles. The van der Waals surface area contributed by atoms with Crippen LogP contribution in [0.2, 0.25) is 0 Å². The number of rotatable bonds is 6. The maximum atomic E-state index is 12.4. The van der Waals surface area contributed by atoms with Gasteiger partial charge in [-0.05, 0) is 18.6 Å². The standard InChI is InChI=1S/C17H21N3O2/c1-13(19-15-9-10-16(22-3)18-11-15)17(21)20(2)12-14-7-5-4-6-8-14/h4-11,13,19H,12H2,1-3H3. The predicted molar refractivity (Wildman–Crippen MR) is 86.8 cm³/mol. The van der Waals surface area contributed by atoms with E-state index in [1.165, 1.54) is 0 Å². The second-order valence-corrected chi connectivity index (χ2v) is 5.14. The van der Waals surface area contributed by atoms with Crippen LogP contribution in [0.3, 0.4) is 0 Å². The van der Waals surface area contributed by atoms with Crippen molar-refractivity contribution in [1.29, 1.82) is 0 Å². The van der Waals surface area contributed by atoms with Gasteiger partial charge in [-0.2, -0.15) is 0 Å². The predicted octanol–water partition coefficient (Wildman–Crippen LogP) is 2.55. The highest BCUT2D eigenvalue weighted by atomic mass is 16.5. The zero-order chi connectivity index (χ0) is 15.9. The second kappa shape index (κ2) is 7.45. The summed E-state index contributed by atoms with van der Waals surface area (Å²) < 4.78 is 5.01. The lowest BCUT2D eigenvalue weighted by Gasteiger charge is -2.22. The fourth-order valence-corrected chi connectivity index (χ4v) is 2.16. The molecule has 0 aliphatic heterocycles. The van der Waals surface area contributed by atoms with Crippen LogP contribution < -0.4 is 10.1 Å². The number of carbonyl (C=O) groups is 1. The zero-order valence-corrected chi connectivity index (χ0v) is 13.1. The van der Waals surface area contributed by atoms with Gasteiger partial charge in [0.1, 0.15) is 6.04 Å². The minimum Gasteiger partial charge on any atom is -0.481 e. The van der Waals surface area contributed by atoms with Crippen LogP contribution in [-0.2, 0) is 11.3 Å². The number of amides is 1. The number of benzene rings is 1. The fraction of sp³-hybridized carbons (Fsp3) is 0.294. The van der Waals surface area contributed by atoms with E-state index in [1.54, 1.807) is 31.3 Å². The van der Waals surface area contributed by atoms with Crippen molar-refractivity contribution >= 4 is 11.6 Å². The summed E-state index contributed by atoms with van der Waals surface area (Å²) in [5.41, 5.74) is 1.89. The Balaban J connectivity index is 1.93. The Labute approximate surface area is 130 Å². The molecule has 1 aromatic carbocycles. The van der Waals surface area contributed by atoms with Crippen LogP contribution in [0.25, 0.3) is 0 Å². The molecule has 0 spiro atoms. The van der Waals surface area contributed by atoms with E-state index < -0.39 is 0 Å². The lowest BCUT2D eigenvalue weighted by Crippen LogP contribution is -2.38. The molecule has 2 aromatic rings. The first-order chi connectivity index (χ1) is 10.6. The SMILES string of the molecule is COc1ccc(NC(C)C(=O)N(C)Cc2ccccc2)cn1. The Kier molecular flexibility index (Phi) is 5.36. The van der Waals surface area contributed by atoms with Gasteiger partial charge in [0, 0.05) is 19.7 Å². The smallest absolute Gasteiger partial charge is 0.244 e. The van der Waals surface area contributed by atoms with Crippen molar-refractivity contribution in [3.63, 3.8) is 0 Å². The number of likely N-dealkylation sites (N-methyl/N-ethyl adjacent to an activating group) is 1. The number of anilines is 1. The molecule has 0 aliphatic carbocycles. The monoisotopic (exact) mass is 299 g/mol. The Morgan fingerprint density at radius 2 is 2.00 bits per heavy atom. The van der Waals surface area contributed by atoms with Crippen molar-refractivity contribution in [2.45, 2.75) is 19.5 Å². The number of hydrogen-bond donors (Lipinski definition) is 1. The normalized spacial score (nSPS) is 11.6. The topological polar surface area (TPSA) is 54.5 Å². The molecule has 2 rings (SSSR count). The molecule has 5 nitrogen and oxygen atoms in total. The average molecular weight is 299 g/mol. The summed E-state index contributed by atoms with van der Waals surface area (Å²) in [6.07, 6.45) is 1.65. The number of carbonyl (C=O) groups excluding carboxylic acids is 1. The van der Waals surface area contributed by atoms with E-state index in [4.69, 9.17) is 4.74 Å². The summed E-state index contributed by atoms with van der Waals surface area (Å²) in [6, 6.07) is 13.2. The lowest BCUT2D eigenvalue weighted by atomic mass is 10.2. The Bertz CT molecular complexity index is 599. The van der Waals surface area contributed by atoms with Crippen molar-refractivity contribution in [2.75, 3.05) is 19.5 Å². The molecule has 0 saturated carbocycles. The molecule has 1 aromatic heterocycles.